The van der Waals surface area contributed by atoms with Gasteiger partial charge in [-0.15, -0.1) is 0 Å². The van der Waals surface area contributed by atoms with Crippen LogP contribution >= 0.6 is 0 Å². The van der Waals surface area contributed by atoms with Gasteiger partial charge in [0.25, 0.3) is 0 Å². The second-order valence-electron chi connectivity index (χ2n) is 32.1. The molecule has 105 heavy (non-hydrogen) atoms. The number of Topliss-reactive ketones (excluding diaryl/α,β-unsaturated/α-hetero) is 1. The molecule has 0 spiro atoms. The number of hydrogen-bond donors (Lipinski definition) is 21. The van der Waals surface area contributed by atoms with Crippen molar-refractivity contribution in [3.63, 3.8) is 0 Å². The van der Waals surface area contributed by atoms with Gasteiger partial charge in [0.1, 0.15) is 158 Å². The van der Waals surface area contributed by atoms with E-state index < -0.39 is 265 Å². The molecule has 0 amide bonds. The lowest BCUT2D eigenvalue weighted by molar-refractivity contribution is -0.410. The van der Waals surface area contributed by atoms with Crippen molar-refractivity contribution in [1.82, 2.24) is 0 Å². The number of carbonyl (C=O) groups is 1. The molecule has 37 nitrogen and oxygen atoms in total. The summed E-state index contributed by atoms with van der Waals surface area (Å²) in [5.74, 6) is -1.93. The summed E-state index contributed by atoms with van der Waals surface area (Å²) in [7, 11) is 0. The summed E-state index contributed by atoms with van der Waals surface area (Å²) in [6, 6.07) is 0. The normalized spacial score (nSPS) is 55.6. The predicted molar refractivity (Wildman–Crippen MR) is 341 cm³/mol. The highest BCUT2D eigenvalue weighted by molar-refractivity contribution is 5.87. The number of ether oxygens (including phenoxy) is 15. The van der Waals surface area contributed by atoms with Crippen molar-refractivity contribution in [2.75, 3.05) is 39.6 Å². The van der Waals surface area contributed by atoms with Crippen LogP contribution in [0.1, 0.15) is 99.3 Å². The molecule has 0 aromatic rings. The van der Waals surface area contributed by atoms with Gasteiger partial charge in [-0.3, -0.25) is 4.79 Å². The second kappa shape index (κ2) is 33.0. The van der Waals surface area contributed by atoms with E-state index in [0.29, 0.717) is 38.5 Å². The van der Waals surface area contributed by atoms with Crippen LogP contribution in [0.5, 0.6) is 0 Å². The average molecular weight is 1520 g/mol. The molecular weight excluding hydrogens is 1410 g/mol. The summed E-state index contributed by atoms with van der Waals surface area (Å²) >= 11 is 0. The van der Waals surface area contributed by atoms with E-state index >= 15 is 0 Å². The molecule has 46 unspecified atom stereocenters. The van der Waals surface area contributed by atoms with E-state index in [2.05, 4.69) is 6.92 Å². The highest BCUT2D eigenvalue weighted by Gasteiger charge is 2.72. The Labute approximate surface area is 605 Å². The maximum Gasteiger partial charge on any atom is 0.187 e. The van der Waals surface area contributed by atoms with Gasteiger partial charge in [0, 0.05) is 30.1 Å². The molecule has 0 bridgehead atoms. The molecule has 4 aliphatic carbocycles. The van der Waals surface area contributed by atoms with Crippen LogP contribution < -0.4 is 0 Å². The summed E-state index contributed by atoms with van der Waals surface area (Å²) in [6.45, 7) is 6.72. The minimum Gasteiger partial charge on any atom is -0.394 e. The van der Waals surface area contributed by atoms with Gasteiger partial charge in [0.15, 0.2) is 49.8 Å². The molecule has 0 aromatic heterocycles. The largest absolute Gasteiger partial charge is 0.394 e. The standard InChI is InChI=1S/C68H112O37/c1-22(20-91-59-49(85)45(81)42(78)33(16-69)96-59)9-12-68(90)23(2)38-32(105-68)14-30-28-8-7-26-13-27(10-11-66(26,5)29(28)15-37(74)67(30,38)6)95-62-51(87)46(82)54(35(18-71)98-62)100-63-52(88)47(83)55(36(19-72)99-63)101-65-58(57(43(79)34(17-70)97-65)103-60-48(84)41(77)31(73)21-92-60)104-64-53(89)56(40(76)25(4)94-64)102-61-50(86)44(80)39(75)24(3)93-61/h22-36,38-65,69-73,75-90H,7-21H2,1-6H3. The minimum absolute atomic E-state index is 0.00212. The van der Waals surface area contributed by atoms with Crippen molar-refractivity contribution >= 4 is 5.78 Å². The fraction of sp³-hybridized carbons (Fsp3) is 0.985. The summed E-state index contributed by atoms with van der Waals surface area (Å²) in [5, 5.41) is 231. The van der Waals surface area contributed by atoms with Crippen LogP contribution in [0.15, 0.2) is 0 Å². The van der Waals surface area contributed by atoms with Crippen LogP contribution in [0.3, 0.4) is 0 Å². The molecule has 0 aromatic carbocycles. The van der Waals surface area contributed by atoms with Gasteiger partial charge in [-0.25, -0.2) is 0 Å². The Morgan fingerprint density at radius 1 is 0.476 bits per heavy atom. The molecule has 8 saturated heterocycles. The Morgan fingerprint density at radius 3 is 1.62 bits per heavy atom. The zero-order valence-electron chi connectivity index (χ0n) is 59.4. The van der Waals surface area contributed by atoms with Crippen molar-refractivity contribution in [3.05, 3.63) is 0 Å². The van der Waals surface area contributed by atoms with Gasteiger partial charge in [0.05, 0.1) is 64.1 Å². The molecule has 12 rings (SSSR count). The first-order chi connectivity index (χ1) is 49.6. The van der Waals surface area contributed by atoms with Crippen molar-refractivity contribution < 1.29 is 183 Å². The number of aliphatic hydroxyl groups is 21. The number of aliphatic hydroxyl groups excluding tert-OH is 20. The Kier molecular flexibility index (Phi) is 26.0. The van der Waals surface area contributed by atoms with Crippen molar-refractivity contribution in [1.29, 1.82) is 0 Å². The van der Waals surface area contributed by atoms with Gasteiger partial charge in [-0.1, -0.05) is 27.7 Å². The third-order valence-corrected chi connectivity index (χ3v) is 25.8. The first-order valence-corrected chi connectivity index (χ1v) is 37.0. The van der Waals surface area contributed by atoms with Gasteiger partial charge in [-0.05, 0) is 93.8 Å². The van der Waals surface area contributed by atoms with Crippen LogP contribution in [0, 0.1) is 52.3 Å². The molecule has 8 aliphatic heterocycles. The summed E-state index contributed by atoms with van der Waals surface area (Å²) in [5.41, 5.74) is -1.05. The smallest absolute Gasteiger partial charge is 0.187 e. The number of rotatable bonds is 22. The van der Waals surface area contributed by atoms with E-state index in [1.54, 1.807) is 0 Å². The highest BCUT2D eigenvalue weighted by Crippen LogP contribution is 2.70. The molecule has 37 heteroatoms. The Balaban J connectivity index is 0.670. The third kappa shape index (κ3) is 15.4. The quantitative estimate of drug-likeness (QED) is 0.0448. The van der Waals surface area contributed by atoms with Gasteiger partial charge >= 0.3 is 0 Å². The molecule has 8 heterocycles. The van der Waals surface area contributed by atoms with Crippen LogP contribution in [-0.4, -0.2) is 379 Å². The number of ketones is 1. The summed E-state index contributed by atoms with van der Waals surface area (Å²) in [6.07, 6.45) is -56.1. The zero-order valence-corrected chi connectivity index (χ0v) is 59.4. The average Bonchev–Trinajstić information content (AvgIpc) is 1.55. The Bertz CT molecular complexity index is 2840. The van der Waals surface area contributed by atoms with E-state index in [-0.39, 0.29) is 65.8 Å². The Hall–Kier alpha value is -1.77. The van der Waals surface area contributed by atoms with Crippen LogP contribution in [0.2, 0.25) is 0 Å². The lowest BCUT2D eigenvalue weighted by Crippen LogP contribution is -2.69. The second-order valence-corrected chi connectivity index (χ2v) is 32.1. The van der Waals surface area contributed by atoms with E-state index in [4.69, 9.17) is 71.1 Å². The Morgan fingerprint density at radius 2 is 0.981 bits per heavy atom. The lowest BCUT2D eigenvalue weighted by atomic mass is 9.44. The molecule has 21 N–H and O–H groups in total. The van der Waals surface area contributed by atoms with Crippen LogP contribution in [0.4, 0.5) is 0 Å². The third-order valence-electron chi connectivity index (χ3n) is 25.8. The molecular formula is C68H112O37. The fourth-order valence-corrected chi connectivity index (χ4v) is 19.4. The monoisotopic (exact) mass is 1520 g/mol. The molecule has 0 radical (unpaired) electrons. The summed E-state index contributed by atoms with van der Waals surface area (Å²) in [4.78, 5) is 14.9. The molecule has 606 valence electrons. The SMILES string of the molecule is CC(CCC1(O)OC2CC3C4CCC5CC(OC6OC(CO)C(OC7OC(CO)C(OC8OC(CO)C(O)C(OC9OCC(O)C(O)C9O)C8OC8OC(C)C(O)C(OC9OC(C)C(O)C(O)C9O)C8O)C(O)C7O)C(O)C6O)CCC5(C)C4CC(=O)C3(C)C2C1C)COC1OC(CO)C(O)C(O)C1O. The topological polar surface area (TPSA) is 580 Å². The van der Waals surface area contributed by atoms with Gasteiger partial charge < -0.3 is 178 Å². The van der Waals surface area contributed by atoms with Crippen molar-refractivity contribution in [3.8, 4) is 0 Å². The first kappa shape index (κ1) is 82.7. The van der Waals surface area contributed by atoms with Gasteiger partial charge in [0.2, 0.25) is 0 Å². The molecule has 4 saturated carbocycles. The summed E-state index contributed by atoms with van der Waals surface area (Å²) < 4.78 is 89.7. The number of carbonyl (C=O) groups excluding carboxylic acids is 1. The maximum absolute atomic E-state index is 14.9. The van der Waals surface area contributed by atoms with Crippen LogP contribution in [0.25, 0.3) is 0 Å². The van der Waals surface area contributed by atoms with E-state index in [1.807, 2.05) is 20.8 Å². The highest BCUT2D eigenvalue weighted by atomic mass is 16.8. The van der Waals surface area contributed by atoms with Crippen molar-refractivity contribution in [2.45, 2.75) is 326 Å². The first-order valence-electron chi connectivity index (χ1n) is 37.0. The zero-order chi connectivity index (χ0) is 76.1. The molecule has 46 atom stereocenters. The fourth-order valence-electron chi connectivity index (χ4n) is 19.4. The van der Waals surface area contributed by atoms with Gasteiger partial charge in [-0.2, -0.15) is 0 Å². The van der Waals surface area contributed by atoms with E-state index in [0.717, 1.165) is 12.8 Å². The minimum atomic E-state index is -2.20. The number of hydrogen-bond acceptors (Lipinski definition) is 37. The number of fused-ring (bicyclic) bond motifs is 7. The van der Waals surface area contributed by atoms with Crippen molar-refractivity contribution in [2.24, 2.45) is 52.3 Å². The lowest BCUT2D eigenvalue weighted by Gasteiger charge is -2.60. The predicted octanol–water partition coefficient (Wildman–Crippen LogP) is -8.61. The molecule has 12 aliphatic rings. The maximum atomic E-state index is 14.9. The van der Waals surface area contributed by atoms with E-state index in [9.17, 15) is 112 Å². The van der Waals surface area contributed by atoms with E-state index in [1.165, 1.54) is 13.8 Å². The van der Waals surface area contributed by atoms with Crippen LogP contribution in [-0.2, 0) is 75.8 Å². The molecule has 12 fully saturated rings.